The lowest BCUT2D eigenvalue weighted by Gasteiger charge is -2.42. The van der Waals surface area contributed by atoms with Gasteiger partial charge in [-0.05, 0) is 56.8 Å². The van der Waals surface area contributed by atoms with E-state index in [1.165, 1.54) is 18.5 Å². The van der Waals surface area contributed by atoms with Crippen molar-refractivity contribution >= 4 is 17.7 Å². The number of rotatable bonds is 8. The molecule has 2 aliphatic rings. The van der Waals surface area contributed by atoms with Gasteiger partial charge in [0.05, 0.1) is 12.6 Å². The summed E-state index contributed by atoms with van der Waals surface area (Å²) in [7, 11) is 0. The average Bonchev–Trinajstić information content (AvgIpc) is 3.17. The molecule has 1 aliphatic heterocycles. The first-order valence-corrected chi connectivity index (χ1v) is 10.3. The number of anilines is 1. The zero-order valence-corrected chi connectivity index (χ0v) is 16.9. The summed E-state index contributed by atoms with van der Waals surface area (Å²) < 4.78 is 0. The number of nitrogens with one attached hydrogen (secondary N) is 2. The number of carboxylic acids is 1. The number of hydrogen-bond acceptors (Lipinski definition) is 4. The van der Waals surface area contributed by atoms with Gasteiger partial charge in [-0.3, -0.25) is 9.69 Å². The number of nitrogens with zero attached hydrogens (tertiary/aromatic N) is 2. The third-order valence-corrected chi connectivity index (χ3v) is 5.90. The van der Waals surface area contributed by atoms with Gasteiger partial charge in [-0.1, -0.05) is 19.1 Å². The van der Waals surface area contributed by atoms with Crippen LogP contribution in [0.5, 0.6) is 0 Å². The molecule has 1 atom stereocenters. The number of aliphatic carboxylic acids is 1. The highest BCUT2D eigenvalue weighted by Gasteiger charge is 2.34. The third-order valence-electron chi connectivity index (χ3n) is 5.90. The molecular weight excluding hydrogens is 356 g/mol. The van der Waals surface area contributed by atoms with E-state index in [2.05, 4.69) is 39.8 Å². The van der Waals surface area contributed by atoms with Crippen LogP contribution < -0.4 is 15.5 Å². The van der Waals surface area contributed by atoms with Crippen LogP contribution in [-0.2, 0) is 4.79 Å². The third kappa shape index (κ3) is 5.16. The van der Waals surface area contributed by atoms with E-state index >= 15 is 0 Å². The van der Waals surface area contributed by atoms with Crippen LogP contribution in [0.1, 0.15) is 51.1 Å². The summed E-state index contributed by atoms with van der Waals surface area (Å²) in [5.74, 6) is -0.805. The molecule has 7 heteroatoms. The maximum atomic E-state index is 12.4. The van der Waals surface area contributed by atoms with Crippen LogP contribution in [0.2, 0.25) is 0 Å². The Morgan fingerprint density at radius 1 is 1.29 bits per heavy atom. The van der Waals surface area contributed by atoms with E-state index in [1.54, 1.807) is 0 Å². The topological polar surface area (TPSA) is 84.9 Å². The number of carboxylic acid groups (broad SMARTS) is 1. The second kappa shape index (κ2) is 9.28. The van der Waals surface area contributed by atoms with E-state index in [0.717, 1.165) is 31.5 Å². The van der Waals surface area contributed by atoms with Crippen LogP contribution in [0.15, 0.2) is 24.3 Å². The van der Waals surface area contributed by atoms with Crippen molar-refractivity contribution in [3.05, 3.63) is 29.8 Å². The first-order chi connectivity index (χ1) is 13.5. The van der Waals surface area contributed by atoms with Gasteiger partial charge in [0.15, 0.2) is 0 Å². The largest absolute Gasteiger partial charge is 0.480 e. The fourth-order valence-electron chi connectivity index (χ4n) is 4.15. The highest BCUT2D eigenvalue weighted by atomic mass is 16.4. The molecule has 1 aromatic carbocycles. The smallest absolute Gasteiger partial charge is 0.317 e. The fourth-order valence-corrected chi connectivity index (χ4v) is 4.15. The maximum Gasteiger partial charge on any atom is 0.317 e. The molecular formula is C21H32N4O3. The number of benzene rings is 1. The summed E-state index contributed by atoms with van der Waals surface area (Å²) in [6, 6.07) is 8.51. The van der Waals surface area contributed by atoms with Crippen molar-refractivity contribution in [1.29, 1.82) is 0 Å². The van der Waals surface area contributed by atoms with E-state index in [1.807, 2.05) is 18.7 Å². The summed E-state index contributed by atoms with van der Waals surface area (Å²) in [6.45, 7) is 6.94. The molecule has 28 heavy (non-hydrogen) atoms. The van der Waals surface area contributed by atoms with Crippen molar-refractivity contribution in [3.63, 3.8) is 0 Å². The Morgan fingerprint density at radius 2 is 2.00 bits per heavy atom. The number of carbonyl (C=O) groups is 2. The molecule has 1 aromatic rings. The van der Waals surface area contributed by atoms with Gasteiger partial charge in [0.2, 0.25) is 0 Å². The van der Waals surface area contributed by atoms with Crippen molar-refractivity contribution in [3.8, 4) is 0 Å². The van der Waals surface area contributed by atoms with E-state index in [-0.39, 0.29) is 30.7 Å². The molecule has 0 aromatic heterocycles. The summed E-state index contributed by atoms with van der Waals surface area (Å²) in [6.07, 6.45) is 4.08. The number of likely N-dealkylation sites (N-methyl/N-ethyl adjacent to an activating group) is 1. The van der Waals surface area contributed by atoms with Crippen LogP contribution in [0.4, 0.5) is 10.5 Å². The number of hydrogen-bond donors (Lipinski definition) is 3. The van der Waals surface area contributed by atoms with E-state index < -0.39 is 5.97 Å². The number of carbonyl (C=O) groups excluding carboxylic acids is 1. The Balaban J connectivity index is 1.45. The minimum Gasteiger partial charge on any atom is -0.480 e. The van der Waals surface area contributed by atoms with Crippen molar-refractivity contribution in [1.82, 2.24) is 15.5 Å². The normalized spacial score (nSPS) is 22.6. The summed E-state index contributed by atoms with van der Waals surface area (Å²) in [5.41, 5.74) is 2.33. The maximum absolute atomic E-state index is 12.4. The summed E-state index contributed by atoms with van der Waals surface area (Å²) in [4.78, 5) is 27.6. The van der Waals surface area contributed by atoms with Crippen LogP contribution in [-0.4, -0.2) is 60.3 Å². The molecule has 0 spiro atoms. The molecule has 1 saturated carbocycles. The van der Waals surface area contributed by atoms with Gasteiger partial charge in [0, 0.05) is 30.9 Å². The van der Waals surface area contributed by atoms with Gasteiger partial charge in [-0.25, -0.2) is 4.79 Å². The van der Waals surface area contributed by atoms with Gasteiger partial charge in [0.1, 0.15) is 0 Å². The summed E-state index contributed by atoms with van der Waals surface area (Å²) >= 11 is 0. The Labute approximate surface area is 167 Å². The molecule has 7 nitrogen and oxygen atoms in total. The molecule has 3 rings (SSSR count). The molecule has 2 amide bonds. The predicted octanol–water partition coefficient (Wildman–Crippen LogP) is 2.58. The minimum absolute atomic E-state index is 0.0600. The second-order valence-corrected chi connectivity index (χ2v) is 7.91. The lowest BCUT2D eigenvalue weighted by atomic mass is 9.85. The van der Waals surface area contributed by atoms with Crippen molar-refractivity contribution < 1.29 is 14.7 Å². The minimum atomic E-state index is -0.805. The SMILES string of the molecule is CCN(CC(=O)O)C1CC(NC(=O)NC(C)c2cccc(N3CCCC3)c2)C1. The molecule has 3 N–H and O–H groups in total. The Hall–Kier alpha value is -2.28. The Bertz CT molecular complexity index is 684. The predicted molar refractivity (Wildman–Crippen MR) is 110 cm³/mol. The van der Waals surface area contributed by atoms with Crippen LogP contribution >= 0.6 is 0 Å². The number of amides is 2. The van der Waals surface area contributed by atoms with Crippen molar-refractivity contribution in [2.45, 2.75) is 57.7 Å². The highest BCUT2D eigenvalue weighted by Crippen LogP contribution is 2.26. The molecule has 0 radical (unpaired) electrons. The Morgan fingerprint density at radius 3 is 2.64 bits per heavy atom. The van der Waals surface area contributed by atoms with Crippen molar-refractivity contribution in [2.75, 3.05) is 31.1 Å². The fraction of sp³-hybridized carbons (Fsp3) is 0.619. The second-order valence-electron chi connectivity index (χ2n) is 7.91. The first-order valence-electron chi connectivity index (χ1n) is 10.3. The van der Waals surface area contributed by atoms with Crippen molar-refractivity contribution in [2.24, 2.45) is 0 Å². The van der Waals surface area contributed by atoms with Gasteiger partial charge < -0.3 is 20.6 Å². The molecule has 2 fully saturated rings. The molecule has 1 aliphatic carbocycles. The zero-order valence-electron chi connectivity index (χ0n) is 16.9. The van der Waals surface area contributed by atoms with E-state index in [0.29, 0.717) is 6.54 Å². The molecule has 154 valence electrons. The lowest BCUT2D eigenvalue weighted by Crippen LogP contribution is -2.56. The van der Waals surface area contributed by atoms with Gasteiger partial charge in [-0.15, -0.1) is 0 Å². The molecule has 1 unspecified atom stereocenters. The lowest BCUT2D eigenvalue weighted by molar-refractivity contribution is -0.139. The van der Waals surface area contributed by atoms with Crippen LogP contribution in [0.3, 0.4) is 0 Å². The van der Waals surface area contributed by atoms with Crippen LogP contribution in [0.25, 0.3) is 0 Å². The quantitative estimate of drug-likeness (QED) is 0.637. The van der Waals surface area contributed by atoms with Gasteiger partial charge in [0.25, 0.3) is 0 Å². The molecule has 1 heterocycles. The average molecular weight is 389 g/mol. The zero-order chi connectivity index (χ0) is 20.1. The number of urea groups is 1. The Kier molecular flexibility index (Phi) is 6.78. The molecule has 0 bridgehead atoms. The summed E-state index contributed by atoms with van der Waals surface area (Å²) in [5, 5.41) is 15.0. The highest BCUT2D eigenvalue weighted by molar-refractivity contribution is 5.75. The van der Waals surface area contributed by atoms with E-state index in [9.17, 15) is 9.59 Å². The first kappa shape index (κ1) is 20.5. The van der Waals surface area contributed by atoms with Gasteiger partial charge >= 0.3 is 12.0 Å². The van der Waals surface area contributed by atoms with Crippen LogP contribution in [0, 0.1) is 0 Å². The standard InChI is InChI=1S/C21H32N4O3/c1-3-24(14-20(26)27)19-12-17(13-19)23-21(28)22-15(2)16-7-6-8-18(11-16)25-9-4-5-10-25/h6-8,11,15,17,19H,3-5,9-10,12-14H2,1-2H3,(H,26,27)(H2,22,23,28). The van der Waals surface area contributed by atoms with E-state index in [4.69, 9.17) is 5.11 Å². The molecule has 1 saturated heterocycles. The van der Waals surface area contributed by atoms with Gasteiger partial charge in [-0.2, -0.15) is 0 Å². The monoisotopic (exact) mass is 388 g/mol.